The lowest BCUT2D eigenvalue weighted by Gasteiger charge is -2.04. The molecule has 0 aliphatic rings. The number of nitrogens with zero attached hydrogens (tertiary/aromatic N) is 6. The molecule has 0 amide bonds. The molecule has 0 spiro atoms. The molecule has 0 aromatic carbocycles. The number of methoxy groups -OCH3 is 1. The monoisotopic (exact) mass is 338 g/mol. The molecule has 0 atom stereocenters. The first kappa shape index (κ1) is 15.4. The molecular formula is C17H15FN6O. The largest absolute Gasteiger partial charge is 0.378 e. The minimum Gasteiger partial charge on any atom is -0.378 e. The third kappa shape index (κ3) is 2.66. The number of hydrogen-bond acceptors (Lipinski definition) is 5. The summed E-state index contributed by atoms with van der Waals surface area (Å²) in [5.41, 5.74) is 4.19. The van der Waals surface area contributed by atoms with E-state index in [9.17, 15) is 4.39 Å². The summed E-state index contributed by atoms with van der Waals surface area (Å²) in [6, 6.07) is 7.09. The predicted octanol–water partition coefficient (Wildman–Crippen LogP) is 2.57. The van der Waals surface area contributed by atoms with Crippen LogP contribution in [0.15, 0.2) is 42.9 Å². The summed E-state index contributed by atoms with van der Waals surface area (Å²) in [6.45, 7) is 2.29. The van der Waals surface area contributed by atoms with Crippen molar-refractivity contribution in [1.29, 1.82) is 0 Å². The highest BCUT2D eigenvalue weighted by atomic mass is 19.1. The van der Waals surface area contributed by atoms with Crippen LogP contribution in [0, 0.1) is 12.9 Å². The summed E-state index contributed by atoms with van der Waals surface area (Å²) in [5, 5.41) is 8.29. The Morgan fingerprint density at radius 1 is 1.20 bits per heavy atom. The quantitative estimate of drug-likeness (QED) is 0.535. The Labute approximate surface area is 142 Å². The second-order valence-electron chi connectivity index (χ2n) is 5.60. The molecule has 7 nitrogen and oxygen atoms in total. The molecule has 0 N–H and O–H groups in total. The third-order valence-corrected chi connectivity index (χ3v) is 3.93. The lowest BCUT2D eigenvalue weighted by atomic mass is 10.2. The summed E-state index contributed by atoms with van der Waals surface area (Å²) in [7, 11) is 1.63. The van der Waals surface area contributed by atoms with Gasteiger partial charge in [0.1, 0.15) is 17.0 Å². The second-order valence-corrected chi connectivity index (χ2v) is 5.60. The molecule has 4 rings (SSSR count). The molecule has 0 radical (unpaired) electrons. The van der Waals surface area contributed by atoms with Gasteiger partial charge in [-0.1, -0.05) is 5.21 Å². The van der Waals surface area contributed by atoms with E-state index in [2.05, 4.69) is 20.3 Å². The van der Waals surface area contributed by atoms with Crippen molar-refractivity contribution >= 4 is 5.65 Å². The fraction of sp³-hybridized carbons (Fsp3) is 0.176. The van der Waals surface area contributed by atoms with E-state index in [1.807, 2.05) is 35.9 Å². The van der Waals surface area contributed by atoms with Gasteiger partial charge in [0.05, 0.1) is 18.0 Å². The van der Waals surface area contributed by atoms with E-state index in [0.717, 1.165) is 22.6 Å². The maximum atomic E-state index is 13.9. The number of rotatable bonds is 4. The number of halogens is 1. The van der Waals surface area contributed by atoms with E-state index >= 15 is 0 Å². The van der Waals surface area contributed by atoms with Crippen LogP contribution >= 0.6 is 0 Å². The zero-order valence-electron chi connectivity index (χ0n) is 13.7. The summed E-state index contributed by atoms with van der Waals surface area (Å²) in [6.07, 6.45) is 5.22. The van der Waals surface area contributed by atoms with Gasteiger partial charge in [-0.15, -0.1) is 5.10 Å². The number of pyridine rings is 2. The van der Waals surface area contributed by atoms with Crippen molar-refractivity contribution in [3.8, 4) is 16.9 Å². The Morgan fingerprint density at radius 3 is 2.88 bits per heavy atom. The molecule has 126 valence electrons. The van der Waals surface area contributed by atoms with Crippen LogP contribution in [-0.2, 0) is 11.3 Å². The summed E-state index contributed by atoms with van der Waals surface area (Å²) in [5.74, 6) is -0.587. The van der Waals surface area contributed by atoms with Gasteiger partial charge in [-0.05, 0) is 31.2 Å². The highest BCUT2D eigenvalue weighted by molar-refractivity contribution is 5.63. The van der Waals surface area contributed by atoms with Crippen molar-refractivity contribution in [2.45, 2.75) is 13.5 Å². The van der Waals surface area contributed by atoms with Crippen LogP contribution in [0.1, 0.15) is 11.4 Å². The van der Waals surface area contributed by atoms with Crippen LogP contribution in [0.5, 0.6) is 0 Å². The normalized spacial score (nSPS) is 11.3. The first-order valence-corrected chi connectivity index (χ1v) is 7.67. The van der Waals surface area contributed by atoms with Gasteiger partial charge in [0.2, 0.25) is 5.95 Å². The van der Waals surface area contributed by atoms with Crippen LogP contribution in [-0.4, -0.2) is 36.5 Å². The van der Waals surface area contributed by atoms with Gasteiger partial charge in [0.25, 0.3) is 0 Å². The van der Waals surface area contributed by atoms with E-state index in [1.54, 1.807) is 19.2 Å². The molecule has 0 saturated heterocycles. The summed E-state index contributed by atoms with van der Waals surface area (Å²) < 4.78 is 22.4. The SMILES string of the molecule is COCc1cn2cc(-c3nnn(-c4cccnc4F)c3C)ccc2n1. The summed E-state index contributed by atoms with van der Waals surface area (Å²) >= 11 is 0. The van der Waals surface area contributed by atoms with E-state index in [1.165, 1.54) is 10.9 Å². The highest BCUT2D eigenvalue weighted by Crippen LogP contribution is 2.24. The molecule has 4 aromatic heterocycles. The van der Waals surface area contributed by atoms with Crippen molar-refractivity contribution in [1.82, 2.24) is 29.4 Å². The molecule has 0 saturated carbocycles. The predicted molar refractivity (Wildman–Crippen MR) is 88.7 cm³/mol. The smallest absolute Gasteiger partial charge is 0.238 e. The Bertz CT molecular complexity index is 1050. The van der Waals surface area contributed by atoms with Gasteiger partial charge < -0.3 is 9.14 Å². The zero-order chi connectivity index (χ0) is 17.4. The van der Waals surface area contributed by atoms with Crippen LogP contribution in [0.25, 0.3) is 22.6 Å². The van der Waals surface area contributed by atoms with E-state index in [4.69, 9.17) is 4.74 Å². The minimum absolute atomic E-state index is 0.268. The van der Waals surface area contributed by atoms with Crippen molar-refractivity contribution in [3.63, 3.8) is 0 Å². The topological polar surface area (TPSA) is 70.1 Å². The van der Waals surface area contributed by atoms with Crippen LogP contribution in [0.4, 0.5) is 4.39 Å². The van der Waals surface area contributed by atoms with Crippen molar-refractivity contribution in [2.24, 2.45) is 0 Å². The fourth-order valence-corrected chi connectivity index (χ4v) is 2.76. The lowest BCUT2D eigenvalue weighted by molar-refractivity contribution is 0.182. The van der Waals surface area contributed by atoms with Gasteiger partial charge in [-0.3, -0.25) is 0 Å². The zero-order valence-corrected chi connectivity index (χ0v) is 13.7. The maximum Gasteiger partial charge on any atom is 0.238 e. The molecular weight excluding hydrogens is 323 g/mol. The van der Waals surface area contributed by atoms with Crippen molar-refractivity contribution < 1.29 is 9.13 Å². The Morgan fingerprint density at radius 2 is 2.08 bits per heavy atom. The van der Waals surface area contributed by atoms with Crippen LogP contribution in [0.2, 0.25) is 0 Å². The lowest BCUT2D eigenvalue weighted by Crippen LogP contribution is -2.03. The molecule has 25 heavy (non-hydrogen) atoms. The summed E-state index contributed by atoms with van der Waals surface area (Å²) in [4.78, 5) is 8.12. The maximum absolute atomic E-state index is 13.9. The highest BCUT2D eigenvalue weighted by Gasteiger charge is 2.15. The van der Waals surface area contributed by atoms with Crippen LogP contribution in [0.3, 0.4) is 0 Å². The number of imidazole rings is 1. The van der Waals surface area contributed by atoms with Crippen LogP contribution < -0.4 is 0 Å². The van der Waals surface area contributed by atoms with Crippen molar-refractivity contribution in [3.05, 3.63) is 60.2 Å². The molecule has 8 heteroatoms. The minimum atomic E-state index is -0.587. The van der Waals surface area contributed by atoms with E-state index < -0.39 is 5.95 Å². The van der Waals surface area contributed by atoms with Gasteiger partial charge in [0.15, 0.2) is 0 Å². The number of aromatic nitrogens is 6. The van der Waals surface area contributed by atoms with E-state index in [0.29, 0.717) is 12.3 Å². The number of ether oxygens (including phenoxy) is 1. The third-order valence-electron chi connectivity index (χ3n) is 3.93. The van der Waals surface area contributed by atoms with Gasteiger partial charge in [-0.2, -0.15) is 4.39 Å². The van der Waals surface area contributed by atoms with E-state index in [-0.39, 0.29) is 5.69 Å². The Balaban J connectivity index is 1.78. The first-order valence-electron chi connectivity index (χ1n) is 7.67. The molecule has 0 aliphatic carbocycles. The number of hydrogen-bond donors (Lipinski definition) is 0. The molecule has 4 aromatic rings. The van der Waals surface area contributed by atoms with Gasteiger partial charge in [0, 0.05) is 31.3 Å². The van der Waals surface area contributed by atoms with Crippen molar-refractivity contribution in [2.75, 3.05) is 7.11 Å². The Hall–Kier alpha value is -3.13. The molecule has 0 bridgehead atoms. The number of fused-ring (bicyclic) bond motifs is 1. The second kappa shape index (κ2) is 6.06. The molecule has 0 unspecified atom stereocenters. The first-order chi connectivity index (χ1) is 12.2. The average Bonchev–Trinajstić information content (AvgIpc) is 3.18. The van der Waals surface area contributed by atoms with Gasteiger partial charge in [-0.25, -0.2) is 14.6 Å². The Kier molecular flexibility index (Phi) is 3.73. The molecule has 0 aliphatic heterocycles. The van der Waals surface area contributed by atoms with Gasteiger partial charge >= 0.3 is 0 Å². The average molecular weight is 338 g/mol. The molecule has 0 fully saturated rings. The standard InChI is InChI=1S/C17H15FN6O/c1-11-16(21-22-24(11)14-4-3-7-19-17(14)18)12-5-6-15-20-13(10-25-2)9-23(15)8-12/h3-9H,10H2,1-2H3. The fourth-order valence-electron chi connectivity index (χ4n) is 2.76. The molecule has 4 heterocycles.